The molecule has 98 valence electrons. The second-order valence-corrected chi connectivity index (χ2v) is 4.61. The summed E-state index contributed by atoms with van der Waals surface area (Å²) in [6, 6.07) is 8.83. The van der Waals surface area contributed by atoms with Crippen molar-refractivity contribution < 1.29 is 9.53 Å². The number of hydrogen-bond acceptors (Lipinski definition) is 4. The highest BCUT2D eigenvalue weighted by Gasteiger charge is 2.07. The minimum absolute atomic E-state index is 0.333. The average Bonchev–Trinajstić information content (AvgIpc) is 2.46. The molecule has 6 heteroatoms. The molecule has 0 saturated heterocycles. The van der Waals surface area contributed by atoms with E-state index >= 15 is 0 Å². The highest BCUT2D eigenvalue weighted by atomic mass is 79.9. The molecule has 0 aliphatic carbocycles. The number of benzene rings is 1. The first-order valence-electron chi connectivity index (χ1n) is 5.53. The minimum Gasteiger partial charge on any atom is -0.487 e. The molecule has 0 aliphatic rings. The van der Waals surface area contributed by atoms with Gasteiger partial charge in [0.25, 0.3) is 5.91 Å². The van der Waals surface area contributed by atoms with E-state index in [-0.39, 0.29) is 5.91 Å². The van der Waals surface area contributed by atoms with E-state index in [2.05, 4.69) is 26.3 Å². The number of halogens is 1. The Labute approximate surface area is 118 Å². The molecule has 3 N–H and O–H groups in total. The first-order valence-corrected chi connectivity index (χ1v) is 6.32. The summed E-state index contributed by atoms with van der Waals surface area (Å²) in [7, 11) is 0. The molecule has 1 aromatic heterocycles. The fraction of sp³-hybridized carbons (Fsp3) is 0.0769. The highest BCUT2D eigenvalue weighted by molar-refractivity contribution is 9.10. The number of nitrogens with one attached hydrogen (secondary N) is 1. The summed E-state index contributed by atoms with van der Waals surface area (Å²) in [5.41, 5.74) is 3.50. The molecule has 5 nitrogen and oxygen atoms in total. The van der Waals surface area contributed by atoms with Gasteiger partial charge in [-0.2, -0.15) is 0 Å². The van der Waals surface area contributed by atoms with Crippen LogP contribution in [0.15, 0.2) is 47.2 Å². The lowest BCUT2D eigenvalue weighted by Crippen LogP contribution is -2.29. The Hall–Kier alpha value is -1.92. The maximum absolute atomic E-state index is 11.4. The zero-order valence-electron chi connectivity index (χ0n) is 9.97. The van der Waals surface area contributed by atoms with Crippen molar-refractivity contribution >= 4 is 21.8 Å². The second kappa shape index (κ2) is 6.31. The number of rotatable bonds is 4. The number of hydrazine groups is 1. The number of nitrogen functional groups attached to an aromatic ring is 1. The van der Waals surface area contributed by atoms with Crippen LogP contribution in [0, 0.1) is 0 Å². The summed E-state index contributed by atoms with van der Waals surface area (Å²) in [5.74, 6) is 5.44. The second-order valence-electron chi connectivity index (χ2n) is 3.76. The molecule has 2 aromatic rings. The number of nitrogens with zero attached hydrogens (tertiary/aromatic N) is 1. The Kier molecular flexibility index (Phi) is 4.48. The van der Waals surface area contributed by atoms with Crippen LogP contribution in [0.4, 0.5) is 0 Å². The van der Waals surface area contributed by atoms with Crippen LogP contribution in [-0.2, 0) is 6.61 Å². The number of hydrogen-bond donors (Lipinski definition) is 2. The molecular weight excluding hydrogens is 310 g/mol. The molecule has 0 aliphatic heterocycles. The number of ether oxygens (including phenoxy) is 1. The van der Waals surface area contributed by atoms with Gasteiger partial charge in [0, 0.05) is 21.8 Å². The third-order valence-electron chi connectivity index (χ3n) is 2.48. The Morgan fingerprint density at radius 3 is 2.89 bits per heavy atom. The van der Waals surface area contributed by atoms with Crippen molar-refractivity contribution in [2.24, 2.45) is 5.84 Å². The van der Waals surface area contributed by atoms with E-state index in [0.717, 1.165) is 10.0 Å². The van der Waals surface area contributed by atoms with Gasteiger partial charge in [0.2, 0.25) is 0 Å². The lowest BCUT2D eigenvalue weighted by molar-refractivity contribution is 0.0953. The van der Waals surface area contributed by atoms with Gasteiger partial charge in [0.05, 0.1) is 6.20 Å². The zero-order chi connectivity index (χ0) is 13.7. The van der Waals surface area contributed by atoms with E-state index in [1.807, 2.05) is 12.1 Å². The van der Waals surface area contributed by atoms with Crippen LogP contribution in [0.5, 0.6) is 5.75 Å². The maximum atomic E-state index is 11.4. The predicted octanol–water partition coefficient (Wildman–Crippen LogP) is 2.03. The summed E-state index contributed by atoms with van der Waals surface area (Å²) in [6.45, 7) is 0.386. The fourth-order valence-corrected chi connectivity index (χ4v) is 1.98. The molecule has 1 aromatic carbocycles. The van der Waals surface area contributed by atoms with Crippen molar-refractivity contribution in [2.45, 2.75) is 6.61 Å². The molecule has 0 saturated carbocycles. The Bertz CT molecular complexity index is 575. The van der Waals surface area contributed by atoms with E-state index < -0.39 is 0 Å². The molecular formula is C13H12BrN3O2. The third kappa shape index (κ3) is 3.52. The number of carbonyl (C=O) groups is 1. The van der Waals surface area contributed by atoms with Gasteiger partial charge >= 0.3 is 0 Å². The van der Waals surface area contributed by atoms with Gasteiger partial charge in [0.1, 0.15) is 12.4 Å². The lowest BCUT2D eigenvalue weighted by atomic mass is 10.1. The van der Waals surface area contributed by atoms with E-state index in [0.29, 0.717) is 17.9 Å². The Morgan fingerprint density at radius 1 is 1.42 bits per heavy atom. The fourth-order valence-electron chi connectivity index (χ4n) is 1.48. The van der Waals surface area contributed by atoms with Crippen LogP contribution in [0.2, 0.25) is 0 Å². The largest absolute Gasteiger partial charge is 0.487 e. The molecule has 0 fully saturated rings. The van der Waals surface area contributed by atoms with Gasteiger partial charge in [-0.15, -0.1) is 0 Å². The van der Waals surface area contributed by atoms with Crippen molar-refractivity contribution in [3.05, 3.63) is 58.3 Å². The summed E-state index contributed by atoms with van der Waals surface area (Å²) < 4.78 is 6.37. The van der Waals surface area contributed by atoms with E-state index in [9.17, 15) is 4.79 Å². The van der Waals surface area contributed by atoms with Crippen LogP contribution in [-0.4, -0.2) is 10.9 Å². The molecule has 0 atom stereocenters. The number of aromatic nitrogens is 1. The van der Waals surface area contributed by atoms with Crippen molar-refractivity contribution in [1.82, 2.24) is 10.4 Å². The smallest absolute Gasteiger partial charge is 0.265 e. The molecule has 19 heavy (non-hydrogen) atoms. The topological polar surface area (TPSA) is 77.2 Å². The van der Waals surface area contributed by atoms with Crippen LogP contribution >= 0.6 is 15.9 Å². The van der Waals surface area contributed by atoms with Gasteiger partial charge in [0.15, 0.2) is 0 Å². The standard InChI is InChI=1S/C13H12BrN3O2/c14-12-6-9(13(18)17-15)3-4-10(12)8-19-11-2-1-5-16-7-11/h1-7H,8,15H2,(H,17,18). The van der Waals surface area contributed by atoms with Crippen LogP contribution in [0.3, 0.4) is 0 Å². The number of carbonyl (C=O) groups excluding carboxylic acids is 1. The van der Waals surface area contributed by atoms with Gasteiger partial charge < -0.3 is 4.74 Å². The van der Waals surface area contributed by atoms with Gasteiger partial charge in [-0.1, -0.05) is 22.0 Å². The first kappa shape index (κ1) is 13.5. The lowest BCUT2D eigenvalue weighted by Gasteiger charge is -2.08. The van der Waals surface area contributed by atoms with Crippen LogP contribution in [0.1, 0.15) is 15.9 Å². The summed E-state index contributed by atoms with van der Waals surface area (Å²) in [6.07, 6.45) is 3.33. The summed E-state index contributed by atoms with van der Waals surface area (Å²) in [5, 5.41) is 0. The molecule has 2 rings (SSSR count). The van der Waals surface area contributed by atoms with Gasteiger partial charge in [-0.05, 0) is 24.3 Å². The summed E-state index contributed by atoms with van der Waals surface area (Å²) in [4.78, 5) is 15.3. The number of pyridine rings is 1. The molecule has 0 bridgehead atoms. The predicted molar refractivity (Wildman–Crippen MR) is 74.4 cm³/mol. The Morgan fingerprint density at radius 2 is 2.26 bits per heavy atom. The molecule has 1 heterocycles. The van der Waals surface area contributed by atoms with E-state index in [4.69, 9.17) is 10.6 Å². The molecule has 0 unspecified atom stereocenters. The van der Waals surface area contributed by atoms with Gasteiger partial charge in [-0.3, -0.25) is 15.2 Å². The minimum atomic E-state index is -0.333. The first-order chi connectivity index (χ1) is 9.20. The van der Waals surface area contributed by atoms with Crippen molar-refractivity contribution in [1.29, 1.82) is 0 Å². The Balaban J connectivity index is 2.07. The number of amides is 1. The van der Waals surface area contributed by atoms with Crippen molar-refractivity contribution in [3.63, 3.8) is 0 Å². The zero-order valence-corrected chi connectivity index (χ0v) is 11.6. The normalized spacial score (nSPS) is 10.0. The molecule has 1 amide bonds. The van der Waals surface area contributed by atoms with Crippen LogP contribution < -0.4 is 16.0 Å². The van der Waals surface area contributed by atoms with E-state index in [1.165, 1.54) is 0 Å². The van der Waals surface area contributed by atoms with Gasteiger partial charge in [-0.25, -0.2) is 5.84 Å². The number of nitrogens with two attached hydrogens (primary N) is 1. The third-order valence-corrected chi connectivity index (χ3v) is 3.21. The molecule has 0 spiro atoms. The van der Waals surface area contributed by atoms with Crippen molar-refractivity contribution in [2.75, 3.05) is 0 Å². The molecule has 0 radical (unpaired) electrons. The summed E-state index contributed by atoms with van der Waals surface area (Å²) >= 11 is 3.40. The maximum Gasteiger partial charge on any atom is 0.265 e. The van der Waals surface area contributed by atoms with E-state index in [1.54, 1.807) is 30.6 Å². The monoisotopic (exact) mass is 321 g/mol. The SMILES string of the molecule is NNC(=O)c1ccc(COc2cccnc2)c(Br)c1. The highest BCUT2D eigenvalue weighted by Crippen LogP contribution is 2.20. The van der Waals surface area contributed by atoms with Crippen molar-refractivity contribution in [3.8, 4) is 5.75 Å². The quantitative estimate of drug-likeness (QED) is 0.513. The average molecular weight is 322 g/mol. The van der Waals surface area contributed by atoms with Crippen LogP contribution in [0.25, 0.3) is 0 Å².